The summed E-state index contributed by atoms with van der Waals surface area (Å²) >= 11 is 0. The van der Waals surface area contributed by atoms with Gasteiger partial charge in [0.05, 0.1) is 24.0 Å². The second kappa shape index (κ2) is 12.9. The molecule has 0 spiro atoms. The number of aliphatic hydroxyl groups is 1. The Hall–Kier alpha value is -4.09. The van der Waals surface area contributed by atoms with E-state index in [2.05, 4.69) is 44.9 Å². The van der Waals surface area contributed by atoms with E-state index in [1.54, 1.807) is 18.5 Å². The molecular formula is C27H32FN7O3. The maximum absolute atomic E-state index is 13.3. The van der Waals surface area contributed by atoms with Crippen LogP contribution < -0.4 is 20.7 Å². The summed E-state index contributed by atoms with van der Waals surface area (Å²) in [5.74, 6) is 0.974. The van der Waals surface area contributed by atoms with Gasteiger partial charge in [-0.1, -0.05) is 19.9 Å². The molecule has 2 aromatic heterocycles. The van der Waals surface area contributed by atoms with Gasteiger partial charge in [0, 0.05) is 29.9 Å². The van der Waals surface area contributed by atoms with E-state index < -0.39 is 12.0 Å². The first-order valence-electron chi connectivity index (χ1n) is 12.5. The number of aromatic nitrogens is 4. The van der Waals surface area contributed by atoms with Crippen LogP contribution in [0.25, 0.3) is 10.9 Å². The summed E-state index contributed by atoms with van der Waals surface area (Å²) in [6.45, 7) is 5.29. The lowest BCUT2D eigenvalue weighted by Crippen LogP contribution is -2.31. The molecule has 0 saturated heterocycles. The van der Waals surface area contributed by atoms with Crippen LogP contribution in [0.3, 0.4) is 0 Å². The van der Waals surface area contributed by atoms with Crippen molar-refractivity contribution in [3.63, 3.8) is 0 Å². The first kappa shape index (κ1) is 27.0. The van der Waals surface area contributed by atoms with Gasteiger partial charge in [-0.3, -0.25) is 14.8 Å². The Morgan fingerprint density at radius 2 is 2.03 bits per heavy atom. The summed E-state index contributed by atoms with van der Waals surface area (Å²) < 4.78 is 20.6. The fourth-order valence-corrected chi connectivity index (χ4v) is 3.85. The first-order chi connectivity index (χ1) is 18.4. The lowest BCUT2D eigenvalue weighted by atomic mass is 10.1. The lowest BCUT2D eigenvalue weighted by Gasteiger charge is -2.15. The van der Waals surface area contributed by atoms with Gasteiger partial charge < -0.3 is 20.5 Å². The van der Waals surface area contributed by atoms with E-state index in [1.165, 1.54) is 29.2 Å². The SMILES string of the molecule is CC(C)CC(O)NCCCOc1ccc2c(Nc3cnn(CC(=O)Nc4cccc(F)c4)c3)ncnc2c1. The molecule has 2 heterocycles. The molecule has 1 unspecified atom stereocenters. The van der Waals surface area contributed by atoms with Gasteiger partial charge in [-0.05, 0) is 49.1 Å². The third-order valence-corrected chi connectivity index (χ3v) is 5.58. The van der Waals surface area contributed by atoms with Crippen LogP contribution in [0.2, 0.25) is 0 Å². The van der Waals surface area contributed by atoms with E-state index in [4.69, 9.17) is 4.74 Å². The number of rotatable bonds is 13. The molecule has 2 aromatic carbocycles. The van der Waals surface area contributed by atoms with Crippen molar-refractivity contribution in [1.29, 1.82) is 0 Å². The molecule has 1 amide bonds. The summed E-state index contributed by atoms with van der Waals surface area (Å²) in [6, 6.07) is 11.3. The molecule has 4 aromatic rings. The van der Waals surface area contributed by atoms with Crippen molar-refractivity contribution in [2.45, 2.75) is 39.5 Å². The van der Waals surface area contributed by atoms with Crippen LogP contribution in [0.5, 0.6) is 5.75 Å². The Morgan fingerprint density at radius 1 is 1.16 bits per heavy atom. The average molecular weight is 522 g/mol. The summed E-state index contributed by atoms with van der Waals surface area (Å²) in [6.07, 6.45) is 5.71. The zero-order valence-corrected chi connectivity index (χ0v) is 21.4. The smallest absolute Gasteiger partial charge is 0.246 e. The number of anilines is 3. The number of amides is 1. The fourth-order valence-electron chi connectivity index (χ4n) is 3.85. The Bertz CT molecular complexity index is 1360. The topological polar surface area (TPSA) is 126 Å². The maximum atomic E-state index is 13.3. The molecule has 0 bridgehead atoms. The monoisotopic (exact) mass is 521 g/mol. The third-order valence-electron chi connectivity index (χ3n) is 5.58. The minimum absolute atomic E-state index is 0.0321. The second-order valence-corrected chi connectivity index (χ2v) is 9.31. The number of benzene rings is 2. The number of carbonyl (C=O) groups is 1. The molecule has 0 fully saturated rings. The van der Waals surface area contributed by atoms with Gasteiger partial charge in [-0.25, -0.2) is 14.4 Å². The average Bonchev–Trinajstić information content (AvgIpc) is 3.29. The highest BCUT2D eigenvalue weighted by Crippen LogP contribution is 2.26. The number of hydrogen-bond acceptors (Lipinski definition) is 8. The number of fused-ring (bicyclic) bond motifs is 1. The number of nitrogens with zero attached hydrogens (tertiary/aromatic N) is 4. The highest BCUT2D eigenvalue weighted by Gasteiger charge is 2.10. The molecular weight excluding hydrogens is 489 g/mol. The largest absolute Gasteiger partial charge is 0.493 e. The van der Waals surface area contributed by atoms with Gasteiger partial charge in [0.1, 0.15) is 36.5 Å². The minimum atomic E-state index is -0.497. The van der Waals surface area contributed by atoms with Crippen LogP contribution in [-0.2, 0) is 11.3 Å². The summed E-state index contributed by atoms with van der Waals surface area (Å²) in [7, 11) is 0. The van der Waals surface area contributed by atoms with Crippen molar-refractivity contribution in [1.82, 2.24) is 25.1 Å². The zero-order chi connectivity index (χ0) is 26.9. The van der Waals surface area contributed by atoms with Crippen LogP contribution in [0.4, 0.5) is 21.6 Å². The Balaban J connectivity index is 1.30. The fraction of sp³-hybridized carbons (Fsp3) is 0.333. The number of nitrogens with one attached hydrogen (secondary N) is 3. The summed E-state index contributed by atoms with van der Waals surface area (Å²) in [4.78, 5) is 21.0. The quantitative estimate of drug-likeness (QED) is 0.153. The van der Waals surface area contributed by atoms with Crippen LogP contribution in [0.15, 0.2) is 61.2 Å². The predicted octanol–water partition coefficient (Wildman–Crippen LogP) is 4.07. The van der Waals surface area contributed by atoms with Crippen molar-refractivity contribution in [3.8, 4) is 5.75 Å². The van der Waals surface area contributed by atoms with E-state index in [1.807, 2.05) is 18.2 Å². The van der Waals surface area contributed by atoms with Crippen LogP contribution in [0, 0.1) is 11.7 Å². The molecule has 0 aliphatic carbocycles. The standard InChI is InChI=1S/C27H32FN7O3/c1-18(2)11-25(36)29-9-4-10-38-22-7-8-23-24(13-22)30-17-31-27(23)34-21-14-32-35(15-21)16-26(37)33-20-6-3-5-19(28)12-20/h3,5-8,12-15,17-18,25,29,36H,4,9-11,16H2,1-2H3,(H,33,37)(H,30,31,34). The van der Waals surface area contributed by atoms with E-state index >= 15 is 0 Å². The van der Waals surface area contributed by atoms with E-state index in [0.29, 0.717) is 53.9 Å². The number of aliphatic hydroxyl groups excluding tert-OH is 1. The van der Waals surface area contributed by atoms with Gasteiger partial charge in [-0.15, -0.1) is 0 Å². The molecule has 0 aliphatic rings. The first-order valence-corrected chi connectivity index (χ1v) is 12.5. The van der Waals surface area contributed by atoms with Gasteiger partial charge in [0.15, 0.2) is 0 Å². The molecule has 38 heavy (non-hydrogen) atoms. The van der Waals surface area contributed by atoms with Crippen LogP contribution in [-0.4, -0.2) is 50.1 Å². The molecule has 4 N–H and O–H groups in total. The predicted molar refractivity (Wildman–Crippen MR) is 144 cm³/mol. The van der Waals surface area contributed by atoms with Crippen LogP contribution in [0.1, 0.15) is 26.7 Å². The van der Waals surface area contributed by atoms with Gasteiger partial charge in [-0.2, -0.15) is 5.10 Å². The normalized spacial score (nSPS) is 12.0. The van der Waals surface area contributed by atoms with Crippen molar-refractivity contribution in [2.75, 3.05) is 23.8 Å². The van der Waals surface area contributed by atoms with Gasteiger partial charge in [0.2, 0.25) is 5.91 Å². The molecule has 0 saturated carbocycles. The molecule has 1 atom stereocenters. The summed E-state index contributed by atoms with van der Waals surface area (Å²) in [5, 5.41) is 23.8. The molecule has 4 rings (SSSR count). The molecule has 11 heteroatoms. The Morgan fingerprint density at radius 3 is 2.84 bits per heavy atom. The molecule has 200 valence electrons. The van der Waals surface area contributed by atoms with E-state index in [-0.39, 0.29) is 12.5 Å². The molecule has 0 aliphatic heterocycles. The van der Waals surface area contributed by atoms with E-state index in [9.17, 15) is 14.3 Å². The number of carbonyl (C=O) groups excluding carboxylic acids is 1. The van der Waals surface area contributed by atoms with Gasteiger partial charge in [0.25, 0.3) is 0 Å². The highest BCUT2D eigenvalue weighted by molar-refractivity contribution is 5.92. The Labute approximate surface area is 220 Å². The van der Waals surface area contributed by atoms with Crippen molar-refractivity contribution in [2.24, 2.45) is 5.92 Å². The maximum Gasteiger partial charge on any atom is 0.246 e. The number of ether oxygens (including phenoxy) is 1. The second-order valence-electron chi connectivity index (χ2n) is 9.31. The minimum Gasteiger partial charge on any atom is -0.493 e. The van der Waals surface area contributed by atoms with Crippen LogP contribution >= 0.6 is 0 Å². The van der Waals surface area contributed by atoms with E-state index in [0.717, 1.165) is 11.8 Å². The zero-order valence-electron chi connectivity index (χ0n) is 21.4. The van der Waals surface area contributed by atoms with Crippen molar-refractivity contribution < 1.29 is 19.0 Å². The Kier molecular flexibility index (Phi) is 9.17. The van der Waals surface area contributed by atoms with Crippen molar-refractivity contribution in [3.05, 3.63) is 67.0 Å². The van der Waals surface area contributed by atoms with Gasteiger partial charge >= 0.3 is 0 Å². The third kappa shape index (κ3) is 7.95. The lowest BCUT2D eigenvalue weighted by molar-refractivity contribution is -0.116. The number of halogens is 1. The molecule has 0 radical (unpaired) electrons. The summed E-state index contributed by atoms with van der Waals surface area (Å²) in [5.41, 5.74) is 1.75. The van der Waals surface area contributed by atoms with Crippen molar-refractivity contribution >= 4 is 34.0 Å². The highest BCUT2D eigenvalue weighted by atomic mass is 19.1. The number of hydrogen-bond donors (Lipinski definition) is 4. The molecule has 10 nitrogen and oxygen atoms in total.